The third-order valence-corrected chi connectivity index (χ3v) is 3.62. The molecule has 1 aromatic rings. The van der Waals surface area contributed by atoms with Crippen molar-refractivity contribution in [2.24, 2.45) is 5.84 Å². The predicted molar refractivity (Wildman–Crippen MR) is 65.8 cm³/mol. The fourth-order valence-electron chi connectivity index (χ4n) is 1.71. The standard InChI is InChI=1S/C10H14N4O3S/c11-14-9(16)7-2-1-6(17-7)5-18-10-12-4-3-8(15)13-10/h3-4,6-7H,1-2,5,11H2,(H,14,16)(H,12,13,15). The molecule has 8 heteroatoms. The lowest BCUT2D eigenvalue weighted by molar-refractivity contribution is -0.131. The van der Waals surface area contributed by atoms with Crippen LogP contribution in [-0.2, 0) is 9.53 Å². The van der Waals surface area contributed by atoms with Crippen molar-refractivity contribution in [1.29, 1.82) is 0 Å². The summed E-state index contributed by atoms with van der Waals surface area (Å²) in [5, 5.41) is 0.554. The number of rotatable bonds is 4. The first-order chi connectivity index (χ1) is 8.69. The number of nitrogens with one attached hydrogen (secondary N) is 2. The number of carbonyl (C=O) groups is 1. The number of carbonyl (C=O) groups excluding carboxylic acids is 1. The molecule has 4 N–H and O–H groups in total. The number of nitrogens with zero attached hydrogens (tertiary/aromatic N) is 1. The first kappa shape index (κ1) is 13.1. The highest BCUT2D eigenvalue weighted by Gasteiger charge is 2.30. The Morgan fingerprint density at radius 2 is 2.50 bits per heavy atom. The Morgan fingerprint density at radius 3 is 3.22 bits per heavy atom. The maximum Gasteiger partial charge on any atom is 0.263 e. The van der Waals surface area contributed by atoms with E-state index in [0.29, 0.717) is 17.3 Å². The van der Waals surface area contributed by atoms with E-state index in [1.807, 2.05) is 0 Å². The minimum Gasteiger partial charge on any atom is -0.364 e. The van der Waals surface area contributed by atoms with E-state index in [1.165, 1.54) is 24.0 Å². The second-order valence-electron chi connectivity index (χ2n) is 3.88. The van der Waals surface area contributed by atoms with Gasteiger partial charge in [-0.15, -0.1) is 0 Å². The molecule has 1 amide bonds. The van der Waals surface area contributed by atoms with E-state index in [4.69, 9.17) is 10.6 Å². The van der Waals surface area contributed by atoms with Crippen LogP contribution >= 0.6 is 11.8 Å². The van der Waals surface area contributed by atoms with E-state index in [2.05, 4.69) is 15.4 Å². The van der Waals surface area contributed by atoms with Crippen LogP contribution in [0.25, 0.3) is 0 Å². The molecule has 0 saturated carbocycles. The van der Waals surface area contributed by atoms with Crippen molar-refractivity contribution in [3.63, 3.8) is 0 Å². The number of H-pyrrole nitrogens is 1. The lowest BCUT2D eigenvalue weighted by atomic mass is 10.2. The predicted octanol–water partition coefficient (Wildman–Crippen LogP) is -0.601. The number of hydrogen-bond donors (Lipinski definition) is 3. The molecule has 1 aliphatic heterocycles. The molecule has 0 aliphatic carbocycles. The van der Waals surface area contributed by atoms with Gasteiger partial charge < -0.3 is 9.72 Å². The minimum absolute atomic E-state index is 0.0252. The highest BCUT2D eigenvalue weighted by Crippen LogP contribution is 2.24. The number of ether oxygens (including phenoxy) is 1. The van der Waals surface area contributed by atoms with E-state index in [0.717, 1.165) is 6.42 Å². The molecule has 98 valence electrons. The quantitative estimate of drug-likeness (QED) is 0.221. The molecule has 18 heavy (non-hydrogen) atoms. The van der Waals surface area contributed by atoms with E-state index >= 15 is 0 Å². The molecule has 2 atom stereocenters. The number of thioether (sulfide) groups is 1. The summed E-state index contributed by atoms with van der Waals surface area (Å²) in [5.74, 6) is 5.39. The van der Waals surface area contributed by atoms with Crippen LogP contribution in [0.5, 0.6) is 0 Å². The van der Waals surface area contributed by atoms with Crippen molar-refractivity contribution < 1.29 is 9.53 Å². The van der Waals surface area contributed by atoms with Gasteiger partial charge >= 0.3 is 0 Å². The zero-order chi connectivity index (χ0) is 13.0. The maximum atomic E-state index is 11.3. The molecule has 7 nitrogen and oxygen atoms in total. The minimum atomic E-state index is -0.469. The topological polar surface area (TPSA) is 110 Å². The molecule has 2 rings (SSSR count). The number of amides is 1. The first-order valence-corrected chi connectivity index (χ1v) is 6.51. The lowest BCUT2D eigenvalue weighted by Gasteiger charge is -2.11. The fourth-order valence-corrected chi connectivity index (χ4v) is 2.61. The van der Waals surface area contributed by atoms with Gasteiger partial charge in [-0.1, -0.05) is 11.8 Å². The second kappa shape index (κ2) is 5.98. The van der Waals surface area contributed by atoms with Crippen molar-refractivity contribution in [1.82, 2.24) is 15.4 Å². The maximum absolute atomic E-state index is 11.3. The number of hydrazine groups is 1. The molecule has 0 aromatic carbocycles. The van der Waals surface area contributed by atoms with Gasteiger partial charge in [-0.3, -0.25) is 15.0 Å². The van der Waals surface area contributed by atoms with E-state index in [9.17, 15) is 9.59 Å². The van der Waals surface area contributed by atoms with Crippen LogP contribution in [0.2, 0.25) is 0 Å². The van der Waals surface area contributed by atoms with Crippen molar-refractivity contribution in [2.75, 3.05) is 5.75 Å². The normalized spacial score (nSPS) is 22.9. The Morgan fingerprint density at radius 1 is 1.67 bits per heavy atom. The molecule has 1 aliphatic rings. The zero-order valence-corrected chi connectivity index (χ0v) is 10.4. The fraction of sp³-hybridized carbons (Fsp3) is 0.500. The molecular weight excluding hydrogens is 256 g/mol. The van der Waals surface area contributed by atoms with Crippen LogP contribution in [0.3, 0.4) is 0 Å². The summed E-state index contributed by atoms with van der Waals surface area (Å²) in [7, 11) is 0. The van der Waals surface area contributed by atoms with Gasteiger partial charge in [-0.25, -0.2) is 10.8 Å². The number of hydrogen-bond acceptors (Lipinski definition) is 6. The van der Waals surface area contributed by atoms with Crippen molar-refractivity contribution in [3.05, 3.63) is 22.6 Å². The van der Waals surface area contributed by atoms with Gasteiger partial charge in [0.05, 0.1) is 6.10 Å². The zero-order valence-electron chi connectivity index (χ0n) is 9.59. The number of aromatic nitrogens is 2. The molecule has 0 bridgehead atoms. The molecule has 1 aromatic heterocycles. The van der Waals surface area contributed by atoms with E-state index < -0.39 is 6.10 Å². The molecule has 1 fully saturated rings. The average molecular weight is 270 g/mol. The van der Waals surface area contributed by atoms with Crippen molar-refractivity contribution in [2.45, 2.75) is 30.2 Å². The Bertz CT molecular complexity index is 478. The van der Waals surface area contributed by atoms with E-state index in [1.54, 1.807) is 0 Å². The highest BCUT2D eigenvalue weighted by molar-refractivity contribution is 7.99. The van der Waals surface area contributed by atoms with Crippen LogP contribution in [0, 0.1) is 0 Å². The van der Waals surface area contributed by atoms with Crippen LogP contribution < -0.4 is 16.8 Å². The van der Waals surface area contributed by atoms with Crippen LogP contribution in [0.15, 0.2) is 22.2 Å². The van der Waals surface area contributed by atoms with Gasteiger partial charge in [0.2, 0.25) is 0 Å². The number of aromatic amines is 1. The largest absolute Gasteiger partial charge is 0.364 e. The van der Waals surface area contributed by atoms with Gasteiger partial charge in [0.25, 0.3) is 11.5 Å². The van der Waals surface area contributed by atoms with Crippen molar-refractivity contribution >= 4 is 17.7 Å². The molecular formula is C10H14N4O3S. The van der Waals surface area contributed by atoms with Crippen LogP contribution in [0.1, 0.15) is 12.8 Å². The van der Waals surface area contributed by atoms with Gasteiger partial charge in [0.15, 0.2) is 5.16 Å². The monoisotopic (exact) mass is 270 g/mol. The summed E-state index contributed by atoms with van der Waals surface area (Å²) >= 11 is 1.40. The average Bonchev–Trinajstić information content (AvgIpc) is 2.84. The Hall–Kier alpha value is -1.38. The molecule has 2 heterocycles. The highest BCUT2D eigenvalue weighted by atomic mass is 32.2. The third-order valence-electron chi connectivity index (χ3n) is 2.60. The molecule has 2 unspecified atom stereocenters. The summed E-state index contributed by atoms with van der Waals surface area (Å²) in [6.07, 6.45) is 2.42. The van der Waals surface area contributed by atoms with Gasteiger partial charge in [0, 0.05) is 18.0 Å². The summed E-state index contributed by atoms with van der Waals surface area (Å²) in [4.78, 5) is 29.0. The Kier molecular flexibility index (Phi) is 4.34. The summed E-state index contributed by atoms with van der Waals surface area (Å²) < 4.78 is 5.53. The summed E-state index contributed by atoms with van der Waals surface area (Å²) in [6, 6.07) is 1.36. The summed E-state index contributed by atoms with van der Waals surface area (Å²) in [5.41, 5.74) is 1.90. The Balaban J connectivity index is 1.82. The lowest BCUT2D eigenvalue weighted by Crippen LogP contribution is -2.39. The smallest absolute Gasteiger partial charge is 0.263 e. The second-order valence-corrected chi connectivity index (χ2v) is 4.89. The summed E-state index contributed by atoms with van der Waals surface area (Å²) in [6.45, 7) is 0. The van der Waals surface area contributed by atoms with Gasteiger partial charge in [-0.05, 0) is 12.8 Å². The van der Waals surface area contributed by atoms with E-state index in [-0.39, 0.29) is 17.6 Å². The molecule has 1 saturated heterocycles. The van der Waals surface area contributed by atoms with Crippen molar-refractivity contribution in [3.8, 4) is 0 Å². The first-order valence-electron chi connectivity index (χ1n) is 5.53. The van der Waals surface area contributed by atoms with Crippen LogP contribution in [-0.4, -0.2) is 33.8 Å². The molecule has 0 spiro atoms. The third kappa shape index (κ3) is 3.31. The molecule has 0 radical (unpaired) electrons. The van der Waals surface area contributed by atoms with Crippen LogP contribution in [0.4, 0.5) is 0 Å². The van der Waals surface area contributed by atoms with Gasteiger partial charge in [0.1, 0.15) is 6.10 Å². The number of nitrogens with two attached hydrogens (primary N) is 1. The Labute approximate surface area is 107 Å². The SMILES string of the molecule is NNC(=O)C1CCC(CSc2nccc(=O)[nH]2)O1. The van der Waals surface area contributed by atoms with Gasteiger partial charge in [-0.2, -0.15) is 0 Å².